The number of carbonyl (C=O) groups is 1. The first-order valence-electron chi connectivity index (χ1n) is 10.8. The summed E-state index contributed by atoms with van der Waals surface area (Å²) in [7, 11) is -3.81. The largest absolute Gasteiger partial charge is 0.518 e. The first-order chi connectivity index (χ1) is 12.4. The Morgan fingerprint density at radius 3 is 1.73 bits per heavy atom. The number of hydrogen-bond acceptors (Lipinski definition) is 4. The summed E-state index contributed by atoms with van der Waals surface area (Å²) in [6.07, 6.45) is 10.9. The van der Waals surface area contributed by atoms with Crippen molar-refractivity contribution in [2.75, 3.05) is 13.2 Å². The van der Waals surface area contributed by atoms with Crippen LogP contribution in [0.25, 0.3) is 0 Å². The minimum Gasteiger partial charge on any atom is -0.518 e. The zero-order chi connectivity index (χ0) is 19.2. The molecule has 151 valence electrons. The van der Waals surface area contributed by atoms with Crippen molar-refractivity contribution < 1.29 is 18.1 Å². The molecule has 0 spiro atoms. The van der Waals surface area contributed by atoms with Crippen LogP contribution >= 0.6 is 0 Å². The van der Waals surface area contributed by atoms with Crippen LogP contribution in [0.3, 0.4) is 0 Å². The van der Waals surface area contributed by atoms with Crippen molar-refractivity contribution >= 4 is 23.6 Å². The number of hydrogen-bond donors (Lipinski definition) is 0. The molecule has 0 saturated heterocycles. The van der Waals surface area contributed by atoms with Crippen molar-refractivity contribution in [3.05, 3.63) is 0 Å². The average Bonchev–Trinajstić information content (AvgIpc) is 3.34. The minimum atomic E-state index is -2.11. The lowest BCUT2D eigenvalue weighted by molar-refractivity contribution is -0.139. The third kappa shape index (κ3) is 4.62. The van der Waals surface area contributed by atoms with Gasteiger partial charge in [-0.25, -0.2) is 0 Å². The predicted octanol–water partition coefficient (Wildman–Crippen LogP) is 5.72. The summed E-state index contributed by atoms with van der Waals surface area (Å²) in [5, 5.41) is -0.637. The fraction of sp³-hybridized carbons (Fsp3) is 0.950. The molecule has 2 aliphatic rings. The van der Waals surface area contributed by atoms with Gasteiger partial charge in [0.15, 0.2) is 0 Å². The highest BCUT2D eigenvalue weighted by Crippen LogP contribution is 2.51. The highest BCUT2D eigenvalue weighted by atomic mass is 28.4. The lowest BCUT2D eigenvalue weighted by Gasteiger charge is -2.41. The first-order valence-corrected chi connectivity index (χ1v) is 14.7. The molecule has 0 amide bonds. The van der Waals surface area contributed by atoms with Gasteiger partial charge >= 0.3 is 9.28 Å². The summed E-state index contributed by atoms with van der Waals surface area (Å²) in [5.74, 6) is -0.0382. The Morgan fingerprint density at radius 2 is 1.38 bits per heavy atom. The van der Waals surface area contributed by atoms with Gasteiger partial charge in [0.2, 0.25) is 0 Å². The molecule has 0 bridgehead atoms. The maximum atomic E-state index is 13.5. The van der Waals surface area contributed by atoms with Crippen LogP contribution < -0.4 is 0 Å². The van der Waals surface area contributed by atoms with Gasteiger partial charge in [0.25, 0.3) is 14.3 Å². The molecular weight excluding hydrogens is 360 g/mol. The molecular formula is C20H39O4Si2. The minimum absolute atomic E-state index is 0.0382. The highest BCUT2D eigenvalue weighted by Gasteiger charge is 2.54. The van der Waals surface area contributed by atoms with Crippen molar-refractivity contribution in [2.45, 2.75) is 108 Å². The molecule has 1 radical (unpaired) electrons. The van der Waals surface area contributed by atoms with Crippen molar-refractivity contribution in [3.63, 3.8) is 0 Å². The molecule has 0 N–H and O–H groups in total. The van der Waals surface area contributed by atoms with E-state index in [2.05, 4.69) is 13.5 Å². The van der Waals surface area contributed by atoms with Gasteiger partial charge < -0.3 is 13.3 Å². The fourth-order valence-electron chi connectivity index (χ4n) is 4.80. The Hall–Kier alpha value is -0.176. The van der Waals surface area contributed by atoms with E-state index >= 15 is 0 Å². The van der Waals surface area contributed by atoms with Crippen LogP contribution in [0, 0.1) is 0 Å². The van der Waals surface area contributed by atoms with Gasteiger partial charge in [0, 0.05) is 13.2 Å². The molecule has 2 fully saturated rings. The Kier molecular flexibility index (Phi) is 8.38. The molecule has 0 aromatic carbocycles. The van der Waals surface area contributed by atoms with Gasteiger partial charge in [-0.05, 0) is 70.5 Å². The van der Waals surface area contributed by atoms with Crippen molar-refractivity contribution in [1.82, 2.24) is 0 Å². The smallest absolute Gasteiger partial charge is 0.402 e. The van der Waals surface area contributed by atoms with Crippen LogP contribution in [0.4, 0.5) is 0 Å². The van der Waals surface area contributed by atoms with Crippen LogP contribution in [-0.2, 0) is 18.1 Å². The lowest BCUT2D eigenvalue weighted by Crippen LogP contribution is -2.51. The second-order valence-corrected chi connectivity index (χ2v) is 14.8. The molecule has 1 unspecified atom stereocenters. The topological polar surface area (TPSA) is 44.8 Å². The molecule has 2 saturated carbocycles. The predicted molar refractivity (Wildman–Crippen MR) is 110 cm³/mol. The quantitative estimate of drug-likeness (QED) is 0.440. The fourth-order valence-corrected chi connectivity index (χ4v) is 11.4. The van der Waals surface area contributed by atoms with E-state index in [1.54, 1.807) is 0 Å². The van der Waals surface area contributed by atoms with E-state index in [1.165, 1.54) is 51.4 Å². The van der Waals surface area contributed by atoms with Crippen LogP contribution in [0.2, 0.25) is 22.7 Å². The van der Waals surface area contributed by atoms with Crippen LogP contribution in [0.1, 0.15) is 85.5 Å². The van der Waals surface area contributed by atoms with Crippen LogP contribution in [-0.4, -0.2) is 36.8 Å². The van der Waals surface area contributed by atoms with Gasteiger partial charge in [-0.3, -0.25) is 4.79 Å². The molecule has 1 atom stereocenters. The van der Waals surface area contributed by atoms with E-state index < -0.39 is 22.6 Å². The summed E-state index contributed by atoms with van der Waals surface area (Å²) >= 11 is 0. The van der Waals surface area contributed by atoms with Gasteiger partial charge in [0.1, 0.15) is 5.04 Å². The molecule has 0 aromatic rings. The standard InChI is InChI=1S/C20H39O4Si2/c1-6-20(4,25(22-7-2)23-8-3)19(21)24-26(5,17-13-9-10-14-17)18-15-11-12-16-18/h17-18H,6-16H2,1-5H3. The molecule has 4 nitrogen and oxygen atoms in total. The van der Waals surface area contributed by atoms with Crippen LogP contribution in [0.15, 0.2) is 0 Å². The zero-order valence-corrected chi connectivity index (χ0v) is 19.6. The summed E-state index contributed by atoms with van der Waals surface area (Å²) < 4.78 is 18.4. The SMILES string of the molecule is CCO[Si](OCC)C(C)(CC)C(=O)O[Si](C)(C1CCCC1)C1CCCC1. The van der Waals surface area contributed by atoms with Gasteiger partial charge in [-0.2, -0.15) is 0 Å². The van der Waals surface area contributed by atoms with E-state index in [4.69, 9.17) is 13.3 Å². The van der Waals surface area contributed by atoms with E-state index in [1.807, 2.05) is 20.8 Å². The maximum absolute atomic E-state index is 13.5. The molecule has 0 aromatic heterocycles. The van der Waals surface area contributed by atoms with E-state index in [-0.39, 0.29) is 5.97 Å². The van der Waals surface area contributed by atoms with Gasteiger partial charge in [-0.15, -0.1) is 0 Å². The Labute approximate surface area is 163 Å². The maximum Gasteiger partial charge on any atom is 0.402 e. The summed E-state index contributed by atoms with van der Waals surface area (Å²) in [4.78, 5) is 13.5. The Morgan fingerprint density at radius 1 is 0.962 bits per heavy atom. The van der Waals surface area contributed by atoms with E-state index in [9.17, 15) is 4.79 Å². The second kappa shape index (κ2) is 9.85. The van der Waals surface area contributed by atoms with E-state index in [0.717, 1.165) is 0 Å². The zero-order valence-electron chi connectivity index (χ0n) is 17.6. The summed E-state index contributed by atoms with van der Waals surface area (Å²) in [6, 6.07) is 0. The Balaban J connectivity index is 2.22. The molecule has 0 heterocycles. The number of carbonyl (C=O) groups excluding carboxylic acids is 1. The Bertz CT molecular complexity index is 425. The summed E-state index contributed by atoms with van der Waals surface area (Å²) in [6.45, 7) is 11.5. The molecule has 2 rings (SSSR count). The highest BCUT2D eigenvalue weighted by molar-refractivity contribution is 6.77. The second-order valence-electron chi connectivity index (χ2n) is 8.38. The van der Waals surface area contributed by atoms with Gasteiger partial charge in [-0.1, -0.05) is 32.6 Å². The van der Waals surface area contributed by atoms with Crippen molar-refractivity contribution in [3.8, 4) is 0 Å². The third-order valence-corrected chi connectivity index (χ3v) is 14.4. The molecule has 26 heavy (non-hydrogen) atoms. The van der Waals surface area contributed by atoms with Gasteiger partial charge in [0.05, 0.1) is 0 Å². The molecule has 6 heteroatoms. The average molecular weight is 400 g/mol. The van der Waals surface area contributed by atoms with Crippen molar-refractivity contribution in [1.29, 1.82) is 0 Å². The normalized spacial score (nSPS) is 22.1. The lowest BCUT2D eigenvalue weighted by atomic mass is 10.1. The first kappa shape index (κ1) is 22.1. The molecule has 2 aliphatic carbocycles. The van der Waals surface area contributed by atoms with Crippen LogP contribution in [0.5, 0.6) is 0 Å². The third-order valence-electron chi connectivity index (χ3n) is 6.80. The van der Waals surface area contributed by atoms with E-state index in [0.29, 0.717) is 30.7 Å². The number of rotatable bonds is 10. The molecule has 0 aliphatic heterocycles. The summed E-state index contributed by atoms with van der Waals surface area (Å²) in [5.41, 5.74) is 1.29. The van der Waals surface area contributed by atoms with Crippen molar-refractivity contribution in [2.24, 2.45) is 0 Å². The monoisotopic (exact) mass is 399 g/mol.